The molecule has 0 spiro atoms. The highest BCUT2D eigenvalue weighted by molar-refractivity contribution is 5.55. The molecule has 2 bridgehead atoms. The zero-order valence-electron chi connectivity index (χ0n) is 6.36. The Kier molecular flexibility index (Phi) is 1.45. The Bertz CT molecular complexity index is 218. The van der Waals surface area contributed by atoms with Crippen LogP contribution in [0, 0.1) is 35.0 Å². The van der Waals surface area contributed by atoms with Gasteiger partial charge in [-0.3, -0.25) is 0 Å². The molecule has 0 amide bonds. The van der Waals surface area contributed by atoms with Crippen molar-refractivity contribution in [3.05, 3.63) is 0 Å². The maximum Gasteiger partial charge on any atom is 0.123 e. The third kappa shape index (κ3) is 0.875. The monoisotopic (exact) mass is 149 g/mol. The minimum absolute atomic E-state index is 0.184. The van der Waals surface area contributed by atoms with E-state index >= 15 is 0 Å². The summed E-state index contributed by atoms with van der Waals surface area (Å²) in [6, 6.07) is 2.30. The van der Waals surface area contributed by atoms with E-state index < -0.39 is 0 Å². The molecule has 0 aromatic carbocycles. The molecule has 0 radical (unpaired) electrons. The fraction of sp³-hybridized carbons (Fsp3) is 0.778. The number of hydrogen-bond donors (Lipinski definition) is 0. The Morgan fingerprint density at radius 2 is 2.18 bits per heavy atom. The summed E-state index contributed by atoms with van der Waals surface area (Å²) in [7, 11) is 0. The summed E-state index contributed by atoms with van der Waals surface area (Å²) in [6.45, 7) is 0. The fourth-order valence-corrected chi connectivity index (χ4v) is 2.71. The summed E-state index contributed by atoms with van der Waals surface area (Å²) >= 11 is 0. The molecule has 0 heterocycles. The molecule has 2 heteroatoms. The third-order valence-corrected chi connectivity index (χ3v) is 3.21. The van der Waals surface area contributed by atoms with Crippen molar-refractivity contribution in [2.45, 2.75) is 19.3 Å². The van der Waals surface area contributed by atoms with Gasteiger partial charge in [-0.25, -0.2) is 0 Å². The molecular formula is C9H11NO. The normalized spacial score (nSPS) is 47.2. The molecule has 0 unspecified atom stereocenters. The zero-order valence-corrected chi connectivity index (χ0v) is 6.36. The number of aldehydes is 1. The topological polar surface area (TPSA) is 40.9 Å². The molecule has 0 aromatic rings. The van der Waals surface area contributed by atoms with Crippen molar-refractivity contribution >= 4 is 6.29 Å². The number of rotatable bonds is 1. The summed E-state index contributed by atoms with van der Waals surface area (Å²) in [5.41, 5.74) is 0. The van der Waals surface area contributed by atoms with Gasteiger partial charge in [0.05, 0.1) is 12.0 Å². The van der Waals surface area contributed by atoms with Crippen LogP contribution in [0.3, 0.4) is 0 Å². The van der Waals surface area contributed by atoms with E-state index in [0.717, 1.165) is 25.5 Å². The first-order valence-electron chi connectivity index (χ1n) is 4.20. The van der Waals surface area contributed by atoms with Crippen molar-refractivity contribution < 1.29 is 4.79 Å². The van der Waals surface area contributed by atoms with Crippen molar-refractivity contribution in [1.82, 2.24) is 0 Å². The zero-order chi connectivity index (χ0) is 7.84. The molecule has 2 nitrogen and oxygen atoms in total. The molecule has 11 heavy (non-hydrogen) atoms. The van der Waals surface area contributed by atoms with Crippen molar-refractivity contribution in [3.8, 4) is 6.07 Å². The lowest BCUT2D eigenvalue weighted by atomic mass is 9.82. The van der Waals surface area contributed by atoms with E-state index in [9.17, 15) is 4.79 Å². The van der Waals surface area contributed by atoms with Crippen molar-refractivity contribution in [2.24, 2.45) is 23.7 Å². The van der Waals surface area contributed by atoms with Crippen LogP contribution >= 0.6 is 0 Å². The number of carbonyl (C=O) groups excluding carboxylic acids is 1. The Morgan fingerprint density at radius 1 is 1.36 bits per heavy atom. The highest BCUT2D eigenvalue weighted by Gasteiger charge is 2.45. The van der Waals surface area contributed by atoms with Crippen molar-refractivity contribution in [2.75, 3.05) is 0 Å². The molecule has 2 rings (SSSR count). The summed E-state index contributed by atoms with van der Waals surface area (Å²) in [6.07, 6.45) is 4.27. The molecule has 58 valence electrons. The van der Waals surface area contributed by atoms with Gasteiger partial charge in [0.25, 0.3) is 0 Å². The Balaban J connectivity index is 2.15. The molecule has 4 atom stereocenters. The van der Waals surface area contributed by atoms with Crippen LogP contribution < -0.4 is 0 Å². The highest BCUT2D eigenvalue weighted by Crippen LogP contribution is 2.50. The smallest absolute Gasteiger partial charge is 0.123 e. The SMILES string of the molecule is N#C[C@H]1C[C@@H]2C[C@@H]1[C@H](C=O)C2. The van der Waals surface area contributed by atoms with Crippen molar-refractivity contribution in [1.29, 1.82) is 5.26 Å². The summed E-state index contributed by atoms with van der Waals surface area (Å²) in [5.74, 6) is 1.48. The number of fused-ring (bicyclic) bond motifs is 2. The van der Waals surface area contributed by atoms with E-state index in [2.05, 4.69) is 6.07 Å². The van der Waals surface area contributed by atoms with Crippen LogP contribution in [0.2, 0.25) is 0 Å². The highest BCUT2D eigenvalue weighted by atomic mass is 16.1. The maximum absolute atomic E-state index is 10.5. The Morgan fingerprint density at radius 3 is 2.73 bits per heavy atom. The first-order chi connectivity index (χ1) is 5.35. The third-order valence-electron chi connectivity index (χ3n) is 3.21. The molecule has 2 aliphatic rings. The molecular weight excluding hydrogens is 138 g/mol. The van der Waals surface area contributed by atoms with Gasteiger partial charge in [0, 0.05) is 5.92 Å². The lowest BCUT2D eigenvalue weighted by molar-refractivity contribution is -0.112. The number of nitrogens with zero attached hydrogens (tertiary/aromatic N) is 1. The van der Waals surface area contributed by atoms with Gasteiger partial charge in [-0.05, 0) is 31.1 Å². The van der Waals surface area contributed by atoms with Gasteiger partial charge in [0.15, 0.2) is 0 Å². The number of nitriles is 1. The van der Waals surface area contributed by atoms with Crippen LogP contribution in [-0.2, 0) is 4.79 Å². The average Bonchev–Trinajstić information content (AvgIpc) is 2.60. The first kappa shape index (κ1) is 6.84. The summed E-state index contributed by atoms with van der Waals surface area (Å²) in [4.78, 5) is 10.5. The van der Waals surface area contributed by atoms with E-state index in [0.29, 0.717) is 11.8 Å². The van der Waals surface area contributed by atoms with Crippen LogP contribution in [0.1, 0.15) is 19.3 Å². The van der Waals surface area contributed by atoms with Crippen LogP contribution in [-0.4, -0.2) is 6.29 Å². The predicted molar refractivity (Wildman–Crippen MR) is 39.5 cm³/mol. The summed E-state index contributed by atoms with van der Waals surface area (Å²) in [5, 5.41) is 8.74. The molecule has 0 aliphatic heterocycles. The van der Waals surface area contributed by atoms with Crippen LogP contribution in [0.15, 0.2) is 0 Å². The van der Waals surface area contributed by atoms with E-state index in [-0.39, 0.29) is 11.8 Å². The second-order valence-corrected chi connectivity index (χ2v) is 3.77. The van der Waals surface area contributed by atoms with Crippen LogP contribution in [0.4, 0.5) is 0 Å². The van der Waals surface area contributed by atoms with Gasteiger partial charge in [-0.2, -0.15) is 5.26 Å². The Labute approximate surface area is 66.2 Å². The van der Waals surface area contributed by atoms with E-state index in [1.807, 2.05) is 0 Å². The molecule has 2 fully saturated rings. The maximum atomic E-state index is 10.5. The number of carbonyl (C=O) groups is 1. The fourth-order valence-electron chi connectivity index (χ4n) is 2.71. The largest absolute Gasteiger partial charge is 0.303 e. The lowest BCUT2D eigenvalue weighted by Crippen LogP contribution is -2.19. The molecule has 0 N–H and O–H groups in total. The predicted octanol–water partition coefficient (Wildman–Crippen LogP) is 1.37. The van der Waals surface area contributed by atoms with Gasteiger partial charge in [-0.1, -0.05) is 0 Å². The molecule has 0 aromatic heterocycles. The standard InChI is InChI=1S/C9H11NO/c10-4-7-1-6-2-8(5-11)9(7)3-6/h5-9H,1-3H2/t6-,7+,8-,9-/m0/s1. The molecule has 0 saturated heterocycles. The quantitative estimate of drug-likeness (QED) is 0.528. The second kappa shape index (κ2) is 2.34. The van der Waals surface area contributed by atoms with E-state index in [4.69, 9.17) is 5.26 Å². The minimum Gasteiger partial charge on any atom is -0.303 e. The Hall–Kier alpha value is -0.840. The van der Waals surface area contributed by atoms with E-state index in [1.54, 1.807) is 0 Å². The van der Waals surface area contributed by atoms with Gasteiger partial charge in [0.1, 0.15) is 6.29 Å². The number of hydrogen-bond acceptors (Lipinski definition) is 2. The van der Waals surface area contributed by atoms with Gasteiger partial charge in [0.2, 0.25) is 0 Å². The van der Waals surface area contributed by atoms with Crippen molar-refractivity contribution in [3.63, 3.8) is 0 Å². The second-order valence-electron chi connectivity index (χ2n) is 3.77. The molecule has 2 saturated carbocycles. The minimum atomic E-state index is 0.184. The van der Waals surface area contributed by atoms with E-state index in [1.165, 1.54) is 0 Å². The summed E-state index contributed by atoms with van der Waals surface area (Å²) < 4.78 is 0. The van der Waals surface area contributed by atoms with Crippen LogP contribution in [0.5, 0.6) is 0 Å². The van der Waals surface area contributed by atoms with Crippen LogP contribution in [0.25, 0.3) is 0 Å². The van der Waals surface area contributed by atoms with Gasteiger partial charge < -0.3 is 4.79 Å². The van der Waals surface area contributed by atoms with Gasteiger partial charge >= 0.3 is 0 Å². The average molecular weight is 149 g/mol. The van der Waals surface area contributed by atoms with Gasteiger partial charge in [-0.15, -0.1) is 0 Å². The molecule has 2 aliphatic carbocycles. The first-order valence-corrected chi connectivity index (χ1v) is 4.20. The lowest BCUT2D eigenvalue weighted by Gasteiger charge is -2.19.